The van der Waals surface area contributed by atoms with Gasteiger partial charge in [-0.25, -0.2) is 4.98 Å². The molecule has 2 rings (SSSR count). The number of hydrogen-bond acceptors (Lipinski definition) is 2. The van der Waals surface area contributed by atoms with Crippen molar-refractivity contribution in [3.8, 4) is 0 Å². The molecule has 0 saturated carbocycles. The second-order valence-corrected chi connectivity index (χ2v) is 3.59. The van der Waals surface area contributed by atoms with E-state index < -0.39 is 0 Å². The summed E-state index contributed by atoms with van der Waals surface area (Å²) < 4.78 is 1.29. The molecule has 1 nitrogen and oxygen atoms in total. The van der Waals surface area contributed by atoms with Crippen LogP contribution in [0.1, 0.15) is 38.8 Å². The number of benzene rings is 1. The molecule has 0 radical (unpaired) electrons. The molecule has 0 saturated heterocycles. The topological polar surface area (TPSA) is 12.9 Å². The third-order valence-corrected chi connectivity index (χ3v) is 2.82. The maximum Gasteiger partial charge on any atom is 0.0843 e. The third kappa shape index (κ3) is 3.31. The van der Waals surface area contributed by atoms with E-state index in [2.05, 4.69) is 31.0 Å². The van der Waals surface area contributed by atoms with Crippen molar-refractivity contribution in [2.45, 2.75) is 41.5 Å². The highest BCUT2D eigenvalue weighted by Crippen LogP contribution is 2.22. The molecule has 0 aliphatic rings. The molecular formula is C13H21NS. The summed E-state index contributed by atoms with van der Waals surface area (Å²) in [7, 11) is 0. The molecule has 0 unspecified atom stereocenters. The van der Waals surface area contributed by atoms with Gasteiger partial charge in [0.1, 0.15) is 0 Å². The molecule has 2 aromatic rings. The summed E-state index contributed by atoms with van der Waals surface area (Å²) in [5, 5.41) is 0. The van der Waals surface area contributed by atoms with Gasteiger partial charge in [0.05, 0.1) is 15.7 Å². The van der Waals surface area contributed by atoms with Gasteiger partial charge in [-0.2, -0.15) is 0 Å². The van der Waals surface area contributed by atoms with Gasteiger partial charge in [0.25, 0.3) is 0 Å². The molecule has 0 N–H and O–H groups in total. The zero-order chi connectivity index (χ0) is 11.8. The van der Waals surface area contributed by atoms with Crippen LogP contribution in [0.5, 0.6) is 0 Å². The highest BCUT2D eigenvalue weighted by molar-refractivity contribution is 7.16. The molecule has 84 valence electrons. The number of rotatable bonds is 0. The number of hydrogen-bond donors (Lipinski definition) is 0. The van der Waals surface area contributed by atoms with Crippen molar-refractivity contribution >= 4 is 21.6 Å². The summed E-state index contributed by atoms with van der Waals surface area (Å²) in [5.74, 6) is 0. The fraction of sp³-hybridized carbons (Fsp3) is 0.462. The Kier molecular flexibility index (Phi) is 6.97. The molecule has 1 heterocycles. The summed E-state index contributed by atoms with van der Waals surface area (Å²) in [6, 6.07) is 4.28. The number of fused-ring (bicyclic) bond motifs is 1. The molecule has 1 aromatic carbocycles. The second kappa shape index (κ2) is 7.41. The van der Waals surface area contributed by atoms with Gasteiger partial charge < -0.3 is 0 Å². The molecule has 0 spiro atoms. The van der Waals surface area contributed by atoms with Crippen LogP contribution in [-0.4, -0.2) is 4.98 Å². The Labute approximate surface area is 97.2 Å². The average Bonchev–Trinajstić information content (AvgIpc) is 2.78. The monoisotopic (exact) mass is 223 g/mol. The standard InChI is InChI=1S/C9H9NS.2C2H6/c1-6-3-4-8-9(7(6)2)10-5-11-8;2*1-2/h3-5H,1-2H3;2*1-2H3. The maximum absolute atomic E-state index is 4.30. The van der Waals surface area contributed by atoms with E-state index >= 15 is 0 Å². The predicted molar refractivity (Wildman–Crippen MR) is 71.8 cm³/mol. The first-order valence-electron chi connectivity index (χ1n) is 5.58. The van der Waals surface area contributed by atoms with Crippen molar-refractivity contribution in [2.75, 3.05) is 0 Å². The molecule has 0 amide bonds. The molecule has 0 aliphatic heterocycles. The first-order chi connectivity index (χ1) is 7.29. The van der Waals surface area contributed by atoms with E-state index in [9.17, 15) is 0 Å². The lowest BCUT2D eigenvalue weighted by molar-refractivity contribution is 1.34. The molecule has 2 heteroatoms. The van der Waals surface area contributed by atoms with Crippen LogP contribution in [-0.2, 0) is 0 Å². The van der Waals surface area contributed by atoms with Crippen molar-refractivity contribution in [3.63, 3.8) is 0 Å². The van der Waals surface area contributed by atoms with E-state index in [-0.39, 0.29) is 0 Å². The van der Waals surface area contributed by atoms with Crippen molar-refractivity contribution in [1.29, 1.82) is 0 Å². The van der Waals surface area contributed by atoms with Gasteiger partial charge >= 0.3 is 0 Å². The van der Waals surface area contributed by atoms with Crippen LogP contribution in [0.3, 0.4) is 0 Å². The minimum absolute atomic E-state index is 1.16. The van der Waals surface area contributed by atoms with Gasteiger partial charge in [-0.1, -0.05) is 33.8 Å². The number of thiazole rings is 1. The van der Waals surface area contributed by atoms with Crippen molar-refractivity contribution in [3.05, 3.63) is 28.8 Å². The quantitative estimate of drug-likeness (QED) is 0.614. The molecule has 0 fully saturated rings. The van der Waals surface area contributed by atoms with Gasteiger partial charge in [0, 0.05) is 0 Å². The summed E-state index contributed by atoms with van der Waals surface area (Å²) in [6.45, 7) is 12.2. The van der Waals surface area contributed by atoms with Crippen LogP contribution in [0.15, 0.2) is 17.6 Å². The molecule has 0 bridgehead atoms. The highest BCUT2D eigenvalue weighted by atomic mass is 32.1. The van der Waals surface area contributed by atoms with Crippen LogP contribution < -0.4 is 0 Å². The van der Waals surface area contributed by atoms with Gasteiger partial charge in [-0.3, -0.25) is 0 Å². The fourth-order valence-electron chi connectivity index (χ4n) is 1.17. The lowest BCUT2D eigenvalue weighted by atomic mass is 10.1. The van der Waals surface area contributed by atoms with E-state index in [4.69, 9.17) is 0 Å². The Morgan fingerprint density at radius 3 is 2.20 bits per heavy atom. The highest BCUT2D eigenvalue weighted by Gasteiger charge is 2.00. The van der Waals surface area contributed by atoms with Crippen LogP contribution in [0.25, 0.3) is 10.2 Å². The van der Waals surface area contributed by atoms with Gasteiger partial charge in [-0.15, -0.1) is 11.3 Å². The fourth-order valence-corrected chi connectivity index (χ4v) is 1.90. The lowest BCUT2D eigenvalue weighted by Crippen LogP contribution is -1.80. The molecule has 15 heavy (non-hydrogen) atoms. The van der Waals surface area contributed by atoms with E-state index in [1.54, 1.807) is 11.3 Å². The molecular weight excluding hydrogens is 202 g/mol. The van der Waals surface area contributed by atoms with Crippen molar-refractivity contribution in [1.82, 2.24) is 4.98 Å². The summed E-state index contributed by atoms with van der Waals surface area (Å²) in [5.41, 5.74) is 5.69. The van der Waals surface area contributed by atoms with Crippen molar-refractivity contribution in [2.24, 2.45) is 0 Å². The van der Waals surface area contributed by atoms with Crippen LogP contribution >= 0.6 is 11.3 Å². The van der Waals surface area contributed by atoms with E-state index in [1.165, 1.54) is 15.8 Å². The molecule has 0 aliphatic carbocycles. The van der Waals surface area contributed by atoms with Crippen LogP contribution in [0.4, 0.5) is 0 Å². The Morgan fingerprint density at radius 2 is 1.60 bits per heavy atom. The average molecular weight is 223 g/mol. The number of aromatic nitrogens is 1. The molecule has 1 aromatic heterocycles. The van der Waals surface area contributed by atoms with Gasteiger partial charge in [0.2, 0.25) is 0 Å². The Hall–Kier alpha value is -0.890. The minimum Gasteiger partial charge on any atom is -0.244 e. The Bertz CT molecular complexity index is 390. The first-order valence-corrected chi connectivity index (χ1v) is 6.46. The normalized spacial score (nSPS) is 8.67. The first kappa shape index (κ1) is 14.1. The SMILES string of the molecule is CC.CC.Cc1ccc2scnc2c1C. The van der Waals surface area contributed by atoms with E-state index in [0.717, 1.165) is 5.52 Å². The summed E-state index contributed by atoms with van der Waals surface area (Å²) in [6.07, 6.45) is 0. The van der Waals surface area contributed by atoms with Gasteiger partial charge in [-0.05, 0) is 31.0 Å². The predicted octanol–water partition coefficient (Wildman–Crippen LogP) is 4.97. The lowest BCUT2D eigenvalue weighted by Gasteiger charge is -1.97. The van der Waals surface area contributed by atoms with E-state index in [0.29, 0.717) is 0 Å². The number of nitrogens with zero attached hydrogens (tertiary/aromatic N) is 1. The largest absolute Gasteiger partial charge is 0.244 e. The Balaban J connectivity index is 0.000000442. The summed E-state index contributed by atoms with van der Waals surface area (Å²) >= 11 is 1.70. The van der Waals surface area contributed by atoms with Crippen molar-refractivity contribution < 1.29 is 0 Å². The second-order valence-electron chi connectivity index (χ2n) is 2.71. The van der Waals surface area contributed by atoms with Gasteiger partial charge in [0.15, 0.2) is 0 Å². The zero-order valence-corrected chi connectivity index (χ0v) is 11.4. The third-order valence-electron chi connectivity index (χ3n) is 2.03. The Morgan fingerprint density at radius 1 is 1.00 bits per heavy atom. The van der Waals surface area contributed by atoms with Crippen LogP contribution in [0.2, 0.25) is 0 Å². The maximum atomic E-state index is 4.30. The molecule has 0 atom stereocenters. The number of aryl methyl sites for hydroxylation is 2. The summed E-state index contributed by atoms with van der Waals surface area (Å²) in [4.78, 5) is 4.30. The van der Waals surface area contributed by atoms with E-state index in [1.807, 2.05) is 33.2 Å². The zero-order valence-electron chi connectivity index (χ0n) is 10.6. The smallest absolute Gasteiger partial charge is 0.0843 e. The minimum atomic E-state index is 1.16. The van der Waals surface area contributed by atoms with Crippen LogP contribution in [0, 0.1) is 13.8 Å².